The first-order chi connectivity index (χ1) is 11.6. The second-order valence-electron chi connectivity index (χ2n) is 4.62. The zero-order valence-corrected chi connectivity index (χ0v) is 12.8. The van der Waals surface area contributed by atoms with Crippen molar-refractivity contribution >= 4 is 23.1 Å². The Balaban J connectivity index is 2.40. The monoisotopic (exact) mass is 370 g/mol. The molecule has 0 saturated heterocycles. The highest BCUT2D eigenvalue weighted by Gasteiger charge is 2.31. The molecular weight excluding hydrogens is 365 g/mol. The Kier molecular flexibility index (Phi) is 4.94. The number of hydrogen-bond donors (Lipinski definition) is 0. The van der Waals surface area contributed by atoms with E-state index < -0.39 is 33.7 Å². The number of ketones is 1. The maximum absolute atomic E-state index is 12.6. The summed E-state index contributed by atoms with van der Waals surface area (Å²) >= 11 is 5.74. The van der Waals surface area contributed by atoms with E-state index in [9.17, 15) is 28.1 Å². The van der Waals surface area contributed by atoms with E-state index in [-0.39, 0.29) is 16.5 Å². The molecule has 2 aromatic rings. The van der Waals surface area contributed by atoms with Crippen LogP contribution in [0.25, 0.3) is 0 Å². The Labute approximate surface area is 143 Å². The number of carbonyl (C=O) groups excluding carboxylic acids is 1. The minimum Gasteiger partial charge on any atom is -0.456 e. The van der Waals surface area contributed by atoms with Crippen molar-refractivity contribution in [3.63, 3.8) is 0 Å². The van der Waals surface area contributed by atoms with Crippen LogP contribution in [-0.4, -0.2) is 10.7 Å². The summed E-state index contributed by atoms with van der Waals surface area (Å²) in [6.07, 6.45) is -4.58. The molecule has 25 heavy (non-hydrogen) atoms. The average Bonchev–Trinajstić information content (AvgIpc) is 2.54. The van der Waals surface area contributed by atoms with Crippen molar-refractivity contribution in [1.82, 2.24) is 0 Å². The lowest BCUT2D eigenvalue weighted by Crippen LogP contribution is -2.04. The van der Waals surface area contributed by atoms with Crippen molar-refractivity contribution in [3.05, 3.63) is 62.7 Å². The minimum atomic E-state index is -4.58. The lowest BCUT2D eigenvalue weighted by atomic mass is 10.1. The maximum atomic E-state index is 12.6. The second kappa shape index (κ2) is 6.78. The highest BCUT2D eigenvalue weighted by Crippen LogP contribution is 2.37. The molecule has 0 atom stereocenters. The molecule has 10 heteroatoms. The number of nitro benzene ring substituents is 1. The third-order valence-electron chi connectivity index (χ3n) is 3.00. The van der Waals surface area contributed by atoms with E-state index in [2.05, 4.69) is 0 Å². The van der Waals surface area contributed by atoms with Crippen LogP contribution >= 0.6 is 11.6 Å². The smallest absolute Gasteiger partial charge is 0.416 e. The summed E-state index contributed by atoms with van der Waals surface area (Å²) in [6.45, 7) is 0. The Morgan fingerprint density at radius 2 is 1.92 bits per heavy atom. The molecule has 0 aliphatic rings. The number of nitro groups is 1. The Morgan fingerprint density at radius 3 is 2.44 bits per heavy atom. The fraction of sp³-hybridized carbons (Fsp3) is 0.0667. The van der Waals surface area contributed by atoms with Gasteiger partial charge in [0.25, 0.3) is 11.5 Å². The number of benzene rings is 2. The molecule has 6 nitrogen and oxygen atoms in total. The molecule has 0 amide bonds. The van der Waals surface area contributed by atoms with Gasteiger partial charge < -0.3 is 4.74 Å². The molecule has 0 radical (unpaired) electrons. The zero-order chi connectivity index (χ0) is 18.8. The second-order valence-corrected chi connectivity index (χ2v) is 5.03. The minimum absolute atomic E-state index is 0.106. The van der Waals surface area contributed by atoms with Crippen molar-refractivity contribution < 1.29 is 27.6 Å². The quantitative estimate of drug-likeness (QED) is 0.334. The summed E-state index contributed by atoms with van der Waals surface area (Å²) in [7, 11) is 0. The van der Waals surface area contributed by atoms with E-state index in [4.69, 9.17) is 21.6 Å². The van der Waals surface area contributed by atoms with E-state index in [1.165, 1.54) is 6.07 Å². The number of rotatable bonds is 4. The number of hydrogen-bond acceptors (Lipinski definition) is 5. The van der Waals surface area contributed by atoms with Gasteiger partial charge in [0, 0.05) is 6.07 Å². The lowest BCUT2D eigenvalue weighted by molar-refractivity contribution is -0.385. The first kappa shape index (κ1) is 18.2. The number of alkyl halides is 3. The van der Waals surface area contributed by atoms with Crippen LogP contribution in [-0.2, 0) is 6.18 Å². The van der Waals surface area contributed by atoms with E-state index in [1.54, 1.807) is 0 Å². The molecule has 128 valence electrons. The molecule has 0 spiro atoms. The molecule has 2 aromatic carbocycles. The molecular formula is C15H6ClF3N2O4. The van der Waals surface area contributed by atoms with Gasteiger partial charge in [0.2, 0.25) is 0 Å². The number of nitriles is 1. The van der Waals surface area contributed by atoms with E-state index in [0.717, 1.165) is 30.3 Å². The summed E-state index contributed by atoms with van der Waals surface area (Å²) in [6, 6.07) is 6.63. The largest absolute Gasteiger partial charge is 0.456 e. The third kappa shape index (κ3) is 4.05. The van der Waals surface area contributed by atoms with Crippen LogP contribution < -0.4 is 4.74 Å². The van der Waals surface area contributed by atoms with Gasteiger partial charge in [0.1, 0.15) is 23.1 Å². The summed E-state index contributed by atoms with van der Waals surface area (Å²) in [5.74, 6) is -1.42. The predicted octanol–water partition coefficient (Wildman–Crippen LogP) is 4.77. The molecule has 0 aromatic heterocycles. The summed E-state index contributed by atoms with van der Waals surface area (Å²) in [4.78, 5) is 21.5. The Bertz CT molecular complexity index is 907. The van der Waals surface area contributed by atoms with Crippen molar-refractivity contribution in [3.8, 4) is 17.6 Å². The van der Waals surface area contributed by atoms with Crippen molar-refractivity contribution in [2.75, 3.05) is 0 Å². The van der Waals surface area contributed by atoms with E-state index in [1.807, 2.05) is 0 Å². The molecule has 0 N–H and O–H groups in total. The Morgan fingerprint density at radius 1 is 1.24 bits per heavy atom. The third-order valence-corrected chi connectivity index (χ3v) is 3.29. The molecule has 0 heterocycles. The summed E-state index contributed by atoms with van der Waals surface area (Å²) in [5, 5.41) is 19.2. The van der Waals surface area contributed by atoms with Gasteiger partial charge in [-0.15, -0.1) is 0 Å². The Hall–Kier alpha value is -3.12. The van der Waals surface area contributed by atoms with Crippen LogP contribution in [0, 0.1) is 21.4 Å². The number of nitrogens with zero attached hydrogens (tertiary/aromatic N) is 2. The fourth-order valence-electron chi connectivity index (χ4n) is 1.87. The normalized spacial score (nSPS) is 10.8. The molecule has 0 aliphatic carbocycles. The average molecular weight is 371 g/mol. The van der Waals surface area contributed by atoms with Gasteiger partial charge in [0.15, 0.2) is 0 Å². The molecule has 0 bridgehead atoms. The molecule has 0 aliphatic heterocycles. The number of Topliss-reactive ketones (excluding diaryl/α,β-unsaturated/α-hetero) is 1. The molecule has 0 fully saturated rings. The van der Waals surface area contributed by atoms with Gasteiger partial charge in [-0.1, -0.05) is 11.6 Å². The fourth-order valence-corrected chi connectivity index (χ4v) is 2.09. The van der Waals surface area contributed by atoms with Gasteiger partial charge in [-0.3, -0.25) is 14.9 Å². The molecule has 0 saturated carbocycles. The van der Waals surface area contributed by atoms with Crippen molar-refractivity contribution in [1.29, 1.82) is 5.26 Å². The van der Waals surface area contributed by atoms with Gasteiger partial charge in [-0.05, 0) is 30.3 Å². The highest BCUT2D eigenvalue weighted by molar-refractivity contribution is 6.32. The lowest BCUT2D eigenvalue weighted by Gasteiger charge is -2.11. The van der Waals surface area contributed by atoms with Gasteiger partial charge in [-0.2, -0.15) is 18.4 Å². The summed E-state index contributed by atoms with van der Waals surface area (Å²) in [5.41, 5.74) is -2.08. The van der Waals surface area contributed by atoms with Gasteiger partial charge in [-0.25, -0.2) is 0 Å². The van der Waals surface area contributed by atoms with Gasteiger partial charge >= 0.3 is 6.18 Å². The first-order valence-corrected chi connectivity index (χ1v) is 6.78. The van der Waals surface area contributed by atoms with E-state index in [0.29, 0.717) is 6.07 Å². The SMILES string of the molecule is N#CC(=O)c1cc(Oc2ccc(C(F)(F)F)cc2Cl)ccc1[N+](=O)[O-]. The summed E-state index contributed by atoms with van der Waals surface area (Å²) < 4.78 is 43.1. The molecule has 0 unspecified atom stereocenters. The van der Waals surface area contributed by atoms with Crippen LogP contribution in [0.1, 0.15) is 15.9 Å². The number of halogens is 4. The predicted molar refractivity (Wildman–Crippen MR) is 79.6 cm³/mol. The van der Waals surface area contributed by atoms with E-state index >= 15 is 0 Å². The van der Waals surface area contributed by atoms with Crippen molar-refractivity contribution in [2.45, 2.75) is 6.18 Å². The standard InChI is InChI=1S/C15H6ClF3N2O4/c16-11-5-8(15(17,18)19)1-4-14(11)25-9-2-3-12(21(23)24)10(6-9)13(22)7-20/h1-6H. The highest BCUT2D eigenvalue weighted by atomic mass is 35.5. The van der Waals surface area contributed by atoms with Crippen LogP contribution in [0.5, 0.6) is 11.5 Å². The zero-order valence-electron chi connectivity index (χ0n) is 12.0. The first-order valence-electron chi connectivity index (χ1n) is 6.41. The number of ether oxygens (including phenoxy) is 1. The van der Waals surface area contributed by atoms with Crippen LogP contribution in [0.15, 0.2) is 36.4 Å². The molecule has 2 rings (SSSR count). The maximum Gasteiger partial charge on any atom is 0.416 e. The van der Waals surface area contributed by atoms with Crippen LogP contribution in [0.4, 0.5) is 18.9 Å². The number of carbonyl (C=O) groups is 1. The van der Waals surface area contributed by atoms with Gasteiger partial charge in [0.05, 0.1) is 15.5 Å². The van der Waals surface area contributed by atoms with Crippen LogP contribution in [0.3, 0.4) is 0 Å². The van der Waals surface area contributed by atoms with Crippen LogP contribution in [0.2, 0.25) is 5.02 Å². The van der Waals surface area contributed by atoms with Crippen molar-refractivity contribution in [2.24, 2.45) is 0 Å². The topological polar surface area (TPSA) is 93.2 Å².